The van der Waals surface area contributed by atoms with Gasteiger partial charge >= 0.3 is 0 Å². The van der Waals surface area contributed by atoms with Gasteiger partial charge in [0.1, 0.15) is 10.7 Å². The normalized spacial score (nSPS) is 11.5. The first-order valence-electron chi connectivity index (χ1n) is 6.47. The molecule has 6 nitrogen and oxygen atoms in total. The van der Waals surface area contributed by atoms with E-state index in [-0.39, 0.29) is 4.90 Å². The van der Waals surface area contributed by atoms with Gasteiger partial charge in [0.05, 0.1) is 6.20 Å². The highest BCUT2D eigenvalue weighted by molar-refractivity contribution is 7.92. The zero-order valence-electron chi connectivity index (χ0n) is 11.6. The Kier molecular flexibility index (Phi) is 4.92. The highest BCUT2D eigenvalue weighted by Gasteiger charge is 2.16. The third-order valence-electron chi connectivity index (χ3n) is 2.83. The number of halogens is 1. The lowest BCUT2D eigenvalue weighted by molar-refractivity contribution is 0.561. The summed E-state index contributed by atoms with van der Waals surface area (Å²) in [5.74, 6) is -0.421. The molecule has 8 heteroatoms. The van der Waals surface area contributed by atoms with E-state index in [0.717, 1.165) is 13.0 Å². The van der Waals surface area contributed by atoms with Crippen LogP contribution in [0.5, 0.6) is 0 Å². The van der Waals surface area contributed by atoms with Crippen LogP contribution in [0.25, 0.3) is 0 Å². The topological polar surface area (TPSA) is 76.0 Å². The molecule has 0 aliphatic carbocycles. The van der Waals surface area contributed by atoms with Crippen LogP contribution in [-0.4, -0.2) is 31.8 Å². The van der Waals surface area contributed by atoms with Crippen LogP contribution in [-0.2, 0) is 16.6 Å². The van der Waals surface area contributed by atoms with Crippen molar-refractivity contribution in [3.8, 4) is 0 Å². The van der Waals surface area contributed by atoms with E-state index in [4.69, 9.17) is 0 Å². The Morgan fingerprint density at radius 3 is 2.67 bits per heavy atom. The first-order chi connectivity index (χ1) is 10.0. The molecule has 0 fully saturated rings. The van der Waals surface area contributed by atoms with Gasteiger partial charge in [0, 0.05) is 18.4 Å². The number of hydrogen-bond acceptors (Lipinski definition) is 4. The molecule has 2 aromatic rings. The van der Waals surface area contributed by atoms with Crippen LogP contribution in [0, 0.1) is 5.82 Å². The molecule has 1 heterocycles. The summed E-state index contributed by atoms with van der Waals surface area (Å²) in [4.78, 5) is 0.0799. The first kappa shape index (κ1) is 15.5. The largest absolute Gasteiger partial charge is 0.320 e. The number of rotatable bonds is 7. The lowest BCUT2D eigenvalue weighted by Gasteiger charge is -2.05. The van der Waals surface area contributed by atoms with Crippen molar-refractivity contribution in [3.63, 3.8) is 0 Å². The molecule has 0 aliphatic heterocycles. The van der Waals surface area contributed by atoms with Crippen LogP contribution >= 0.6 is 0 Å². The summed E-state index contributed by atoms with van der Waals surface area (Å²) in [5.41, 5.74) is 0.305. The van der Waals surface area contributed by atoms with Crippen molar-refractivity contribution in [3.05, 3.63) is 42.5 Å². The van der Waals surface area contributed by atoms with E-state index >= 15 is 0 Å². The summed E-state index contributed by atoms with van der Waals surface area (Å²) in [6.07, 6.45) is 3.62. The third-order valence-corrected chi connectivity index (χ3v) is 4.17. The molecule has 2 N–H and O–H groups in total. The summed E-state index contributed by atoms with van der Waals surface area (Å²) in [5, 5.41) is 7.03. The lowest BCUT2D eigenvalue weighted by atomic mass is 10.3. The minimum Gasteiger partial charge on any atom is -0.320 e. The van der Waals surface area contributed by atoms with Crippen molar-refractivity contribution in [2.24, 2.45) is 0 Å². The molecule has 1 aromatic heterocycles. The monoisotopic (exact) mass is 312 g/mol. The molecule has 0 atom stereocenters. The molecular formula is C13H17FN4O2S. The van der Waals surface area contributed by atoms with Crippen molar-refractivity contribution in [2.45, 2.75) is 17.9 Å². The third kappa shape index (κ3) is 4.27. The smallest absolute Gasteiger partial charge is 0.265 e. The zero-order chi connectivity index (χ0) is 15.3. The number of nitrogens with one attached hydrogen (secondary N) is 2. The molecular weight excluding hydrogens is 295 g/mol. The number of hydrogen-bond donors (Lipinski definition) is 2. The number of anilines is 1. The molecule has 0 amide bonds. The minimum absolute atomic E-state index is 0.0799. The molecule has 2 rings (SSSR count). The van der Waals surface area contributed by atoms with E-state index < -0.39 is 15.8 Å². The van der Waals surface area contributed by atoms with Crippen molar-refractivity contribution in [2.75, 3.05) is 18.3 Å². The van der Waals surface area contributed by atoms with Gasteiger partial charge in [0.2, 0.25) is 0 Å². The summed E-state index contributed by atoms with van der Waals surface area (Å²) < 4.78 is 41.1. The van der Waals surface area contributed by atoms with Gasteiger partial charge in [-0.05, 0) is 44.3 Å². The Morgan fingerprint density at radius 1 is 1.29 bits per heavy atom. The van der Waals surface area contributed by atoms with Gasteiger partial charge in [-0.2, -0.15) is 5.10 Å². The summed E-state index contributed by atoms with van der Waals surface area (Å²) >= 11 is 0. The average molecular weight is 312 g/mol. The van der Waals surface area contributed by atoms with Crippen LogP contribution in [0.4, 0.5) is 10.1 Å². The average Bonchev–Trinajstić information content (AvgIpc) is 2.91. The van der Waals surface area contributed by atoms with Crippen LogP contribution in [0.1, 0.15) is 6.42 Å². The fourth-order valence-electron chi connectivity index (χ4n) is 1.76. The van der Waals surface area contributed by atoms with Crippen molar-refractivity contribution < 1.29 is 12.8 Å². The van der Waals surface area contributed by atoms with Gasteiger partial charge in [-0.1, -0.05) is 0 Å². The van der Waals surface area contributed by atoms with Crippen LogP contribution in [0.2, 0.25) is 0 Å². The van der Waals surface area contributed by atoms with Gasteiger partial charge in [-0.25, -0.2) is 12.8 Å². The minimum atomic E-state index is -3.71. The molecule has 0 saturated heterocycles. The quantitative estimate of drug-likeness (QED) is 0.758. The molecule has 0 aliphatic rings. The highest BCUT2D eigenvalue weighted by Crippen LogP contribution is 2.15. The predicted molar refractivity (Wildman–Crippen MR) is 78.0 cm³/mol. The SMILES string of the molecule is CNCCCn1cc(S(=O)(=O)Nc2ccc(F)cc2)cn1. The maximum absolute atomic E-state index is 12.8. The molecule has 0 unspecified atom stereocenters. The van der Waals surface area contributed by atoms with Gasteiger partial charge in [0.25, 0.3) is 10.0 Å². The van der Waals surface area contributed by atoms with E-state index in [1.54, 1.807) is 4.68 Å². The van der Waals surface area contributed by atoms with Crippen LogP contribution in [0.3, 0.4) is 0 Å². The van der Waals surface area contributed by atoms with E-state index in [9.17, 15) is 12.8 Å². The Balaban J connectivity index is 2.07. The Labute approximate surface area is 123 Å². The second kappa shape index (κ2) is 6.68. The molecule has 0 bridgehead atoms. The standard InChI is InChI=1S/C13H17FN4O2S/c1-15-7-2-8-18-10-13(9-16-18)21(19,20)17-12-5-3-11(14)4-6-12/h3-6,9-10,15,17H,2,7-8H2,1H3. The number of nitrogens with zero attached hydrogens (tertiary/aromatic N) is 2. The molecule has 114 valence electrons. The van der Waals surface area contributed by atoms with Crippen molar-refractivity contribution in [1.29, 1.82) is 0 Å². The molecule has 0 spiro atoms. The fourth-order valence-corrected chi connectivity index (χ4v) is 2.77. The van der Waals surface area contributed by atoms with E-state index in [0.29, 0.717) is 12.2 Å². The predicted octanol–water partition coefficient (Wildman–Crippen LogP) is 1.43. The zero-order valence-corrected chi connectivity index (χ0v) is 12.4. The molecule has 21 heavy (non-hydrogen) atoms. The van der Waals surface area contributed by atoms with Crippen molar-refractivity contribution >= 4 is 15.7 Å². The van der Waals surface area contributed by atoms with Crippen LogP contribution < -0.4 is 10.0 Å². The maximum Gasteiger partial charge on any atom is 0.265 e. The summed E-state index contributed by atoms with van der Waals surface area (Å²) in [7, 11) is -1.85. The molecule has 0 radical (unpaired) electrons. The molecule has 1 aromatic carbocycles. The number of sulfonamides is 1. The van der Waals surface area contributed by atoms with Gasteiger partial charge < -0.3 is 5.32 Å². The lowest BCUT2D eigenvalue weighted by Crippen LogP contribution is -2.13. The van der Waals surface area contributed by atoms with Gasteiger partial charge in [-0.3, -0.25) is 9.40 Å². The Hall–Kier alpha value is -1.93. The van der Waals surface area contributed by atoms with Crippen LogP contribution in [0.15, 0.2) is 41.6 Å². The van der Waals surface area contributed by atoms with E-state index in [1.807, 2.05) is 7.05 Å². The summed E-state index contributed by atoms with van der Waals surface area (Å²) in [6, 6.07) is 5.12. The highest BCUT2D eigenvalue weighted by atomic mass is 32.2. The first-order valence-corrected chi connectivity index (χ1v) is 7.95. The fraction of sp³-hybridized carbons (Fsp3) is 0.308. The number of aromatic nitrogens is 2. The second-order valence-electron chi connectivity index (χ2n) is 4.51. The molecule has 0 saturated carbocycles. The number of aryl methyl sites for hydroxylation is 1. The van der Waals surface area contributed by atoms with E-state index in [1.165, 1.54) is 36.7 Å². The van der Waals surface area contributed by atoms with Crippen molar-refractivity contribution in [1.82, 2.24) is 15.1 Å². The summed E-state index contributed by atoms with van der Waals surface area (Å²) in [6.45, 7) is 1.46. The van der Waals surface area contributed by atoms with Gasteiger partial charge in [0.15, 0.2) is 0 Å². The maximum atomic E-state index is 12.8. The number of benzene rings is 1. The Morgan fingerprint density at radius 2 is 2.00 bits per heavy atom. The Bertz CT molecular complexity index is 682. The van der Waals surface area contributed by atoms with E-state index in [2.05, 4.69) is 15.1 Å². The second-order valence-corrected chi connectivity index (χ2v) is 6.19. The van der Waals surface area contributed by atoms with Gasteiger partial charge in [-0.15, -0.1) is 0 Å².